The van der Waals surface area contributed by atoms with E-state index in [0.29, 0.717) is 0 Å². The molecule has 1 heterocycles. The van der Waals surface area contributed by atoms with Crippen LogP contribution in [0.4, 0.5) is 0 Å². The molecule has 0 aromatic rings. The number of nitrogens with one attached hydrogen (secondary N) is 2. The van der Waals surface area contributed by atoms with Crippen LogP contribution in [0.15, 0.2) is 0 Å². The zero-order valence-corrected chi connectivity index (χ0v) is 13.0. The molecule has 0 bridgehead atoms. The van der Waals surface area contributed by atoms with Gasteiger partial charge in [-0.1, -0.05) is 0 Å². The number of carboxylic acid groups (broad SMARTS) is 1. The predicted molar refractivity (Wildman–Crippen MR) is 72.3 cm³/mol. The molecular weight excluding hydrogens is 312 g/mol. The molecule has 1 aliphatic rings. The number of aliphatic hydroxyl groups excluding tert-OH is 2. The maximum Gasteiger partial charge on any atom is 0.217 e. The van der Waals surface area contributed by atoms with E-state index < -0.39 is 60.4 Å². The number of ether oxygens (including phenoxy) is 1. The van der Waals surface area contributed by atoms with E-state index >= 15 is 0 Å². The minimum atomic E-state index is -2.81. The highest BCUT2D eigenvalue weighted by Gasteiger charge is 2.50. The van der Waals surface area contributed by atoms with Gasteiger partial charge in [0, 0.05) is 20.3 Å². The van der Waals surface area contributed by atoms with Crippen molar-refractivity contribution in [1.82, 2.24) is 10.6 Å². The molecule has 6 atom stereocenters. The van der Waals surface area contributed by atoms with Gasteiger partial charge in [-0.15, -0.1) is 0 Å². The highest BCUT2D eigenvalue weighted by atomic mass is 16.7. The van der Waals surface area contributed by atoms with E-state index in [0.717, 1.165) is 6.92 Å². The van der Waals surface area contributed by atoms with Gasteiger partial charge < -0.3 is 40.6 Å². The Morgan fingerprint density at radius 3 is 2.26 bits per heavy atom. The third kappa shape index (κ3) is 4.61. The van der Waals surface area contributed by atoms with Gasteiger partial charge in [0.2, 0.25) is 17.6 Å². The first kappa shape index (κ1) is 19.3. The number of amides is 2. The maximum absolute atomic E-state index is 11.3. The van der Waals surface area contributed by atoms with Crippen LogP contribution in [0.2, 0.25) is 0 Å². The van der Waals surface area contributed by atoms with Crippen LogP contribution in [0.25, 0.3) is 0 Å². The molecule has 0 saturated carbocycles. The van der Waals surface area contributed by atoms with Crippen molar-refractivity contribution in [2.45, 2.75) is 63.4 Å². The van der Waals surface area contributed by atoms with Crippen LogP contribution in [0, 0.1) is 0 Å². The van der Waals surface area contributed by atoms with Gasteiger partial charge in [0.15, 0.2) is 0 Å². The molecule has 0 radical (unpaired) electrons. The molecule has 1 aliphatic heterocycles. The summed E-state index contributed by atoms with van der Waals surface area (Å²) in [7, 11) is 0. The Hall–Kier alpha value is -1.75. The first-order chi connectivity index (χ1) is 10.5. The number of aliphatic hydroxyl groups is 3. The summed E-state index contributed by atoms with van der Waals surface area (Å²) in [6, 6.07) is -2.34. The SMILES string of the molecule is CC(=O)N[C@H]([C@@H]1O[C@](O)(C(=O)[O-])C[C@H](O)[C@H]1NC(C)=O)[C@H](C)O. The molecule has 1 rings (SSSR count). The van der Waals surface area contributed by atoms with Crippen LogP contribution in [-0.4, -0.2) is 69.3 Å². The monoisotopic (exact) mass is 333 g/mol. The van der Waals surface area contributed by atoms with Gasteiger partial charge in [-0.2, -0.15) is 0 Å². The molecule has 10 nitrogen and oxygen atoms in total. The molecule has 1 fully saturated rings. The smallest absolute Gasteiger partial charge is 0.217 e. The standard InChI is InChI=1S/C13H22N2O8/c1-5(16)9(14-6(2)17)11-10(15-7(3)18)8(19)4-13(22,23-11)12(20)21/h5,8-11,16,19,22H,4H2,1-3H3,(H,14,17)(H,15,18)(H,20,21)/p-1/t5-,8-,9-,10+,11-,13-/m0/s1. The number of aliphatic carboxylic acids is 1. The molecule has 0 spiro atoms. The van der Waals surface area contributed by atoms with E-state index in [-0.39, 0.29) is 0 Å². The van der Waals surface area contributed by atoms with Crippen LogP contribution in [0.3, 0.4) is 0 Å². The van der Waals surface area contributed by atoms with E-state index in [1.807, 2.05) is 0 Å². The fourth-order valence-electron chi connectivity index (χ4n) is 2.53. The lowest BCUT2D eigenvalue weighted by atomic mass is 9.87. The summed E-state index contributed by atoms with van der Waals surface area (Å²) in [6.45, 7) is 3.62. The third-order valence-corrected chi connectivity index (χ3v) is 3.52. The highest BCUT2D eigenvalue weighted by Crippen LogP contribution is 2.30. The van der Waals surface area contributed by atoms with Gasteiger partial charge in [-0.05, 0) is 6.92 Å². The molecule has 5 N–H and O–H groups in total. The van der Waals surface area contributed by atoms with Crippen molar-refractivity contribution in [3.05, 3.63) is 0 Å². The van der Waals surface area contributed by atoms with Gasteiger partial charge >= 0.3 is 0 Å². The third-order valence-electron chi connectivity index (χ3n) is 3.52. The molecule has 132 valence electrons. The van der Waals surface area contributed by atoms with Crippen molar-refractivity contribution in [2.24, 2.45) is 0 Å². The zero-order valence-electron chi connectivity index (χ0n) is 13.0. The molecular formula is C13H21N2O8-. The minimum absolute atomic E-state index is 0.547. The summed E-state index contributed by atoms with van der Waals surface area (Å²) >= 11 is 0. The summed E-state index contributed by atoms with van der Waals surface area (Å²) in [5, 5.41) is 45.7. The Morgan fingerprint density at radius 1 is 1.30 bits per heavy atom. The molecule has 23 heavy (non-hydrogen) atoms. The molecule has 0 aromatic heterocycles. The van der Waals surface area contributed by atoms with Crippen molar-refractivity contribution in [3.63, 3.8) is 0 Å². The zero-order chi connectivity index (χ0) is 17.9. The second-order valence-corrected chi connectivity index (χ2v) is 5.62. The lowest BCUT2D eigenvalue weighted by molar-refractivity contribution is -0.370. The lowest BCUT2D eigenvalue weighted by Crippen LogP contribution is -2.70. The average molecular weight is 333 g/mol. The Bertz CT molecular complexity index is 465. The first-order valence-corrected chi connectivity index (χ1v) is 7.00. The summed E-state index contributed by atoms with van der Waals surface area (Å²) in [5.41, 5.74) is 0. The van der Waals surface area contributed by atoms with Crippen molar-refractivity contribution < 1.29 is 39.5 Å². The van der Waals surface area contributed by atoms with Gasteiger partial charge in [0.05, 0.1) is 24.3 Å². The number of carbonyl (C=O) groups excluding carboxylic acids is 3. The van der Waals surface area contributed by atoms with E-state index in [1.54, 1.807) is 0 Å². The van der Waals surface area contributed by atoms with E-state index in [4.69, 9.17) is 4.74 Å². The molecule has 2 amide bonds. The fourth-order valence-corrected chi connectivity index (χ4v) is 2.53. The Kier molecular flexibility index (Phi) is 6.05. The average Bonchev–Trinajstić information content (AvgIpc) is 2.38. The number of hydrogen-bond donors (Lipinski definition) is 5. The molecule has 0 aliphatic carbocycles. The van der Waals surface area contributed by atoms with Crippen LogP contribution in [-0.2, 0) is 19.1 Å². The van der Waals surface area contributed by atoms with Gasteiger partial charge in [-0.25, -0.2) is 0 Å². The van der Waals surface area contributed by atoms with Crippen molar-refractivity contribution in [2.75, 3.05) is 0 Å². The second-order valence-electron chi connectivity index (χ2n) is 5.62. The Balaban J connectivity index is 3.21. The number of carboxylic acids is 1. The topological polar surface area (TPSA) is 168 Å². The summed E-state index contributed by atoms with van der Waals surface area (Å²) in [4.78, 5) is 33.7. The van der Waals surface area contributed by atoms with Crippen molar-refractivity contribution in [3.8, 4) is 0 Å². The van der Waals surface area contributed by atoms with Crippen LogP contribution < -0.4 is 15.7 Å². The minimum Gasteiger partial charge on any atom is -0.544 e. The normalized spacial score (nSPS) is 33.4. The number of carbonyl (C=O) groups is 3. The fraction of sp³-hybridized carbons (Fsp3) is 0.769. The van der Waals surface area contributed by atoms with Crippen LogP contribution in [0.1, 0.15) is 27.2 Å². The van der Waals surface area contributed by atoms with Crippen molar-refractivity contribution in [1.29, 1.82) is 0 Å². The number of hydrogen-bond acceptors (Lipinski definition) is 8. The quantitative estimate of drug-likeness (QED) is 0.339. The van der Waals surface area contributed by atoms with Crippen LogP contribution in [0.5, 0.6) is 0 Å². The van der Waals surface area contributed by atoms with Gasteiger partial charge in [-0.3, -0.25) is 9.59 Å². The second kappa shape index (κ2) is 7.21. The largest absolute Gasteiger partial charge is 0.544 e. The molecule has 0 aromatic carbocycles. The Morgan fingerprint density at radius 2 is 1.87 bits per heavy atom. The summed E-state index contributed by atoms with van der Waals surface area (Å²) in [6.07, 6.45) is -4.88. The molecule has 1 saturated heterocycles. The Labute approximate surface area is 132 Å². The van der Waals surface area contributed by atoms with Crippen molar-refractivity contribution >= 4 is 17.8 Å². The van der Waals surface area contributed by atoms with Crippen LogP contribution >= 0.6 is 0 Å². The maximum atomic E-state index is 11.3. The summed E-state index contributed by atoms with van der Waals surface area (Å²) < 4.78 is 5.09. The predicted octanol–water partition coefficient (Wildman–Crippen LogP) is -4.04. The summed E-state index contributed by atoms with van der Waals surface area (Å²) in [5.74, 6) is -5.90. The van der Waals surface area contributed by atoms with E-state index in [1.165, 1.54) is 13.8 Å². The first-order valence-electron chi connectivity index (χ1n) is 7.00. The highest BCUT2D eigenvalue weighted by molar-refractivity contribution is 5.75. The lowest BCUT2D eigenvalue weighted by Gasteiger charge is -2.47. The van der Waals surface area contributed by atoms with E-state index in [2.05, 4.69) is 10.6 Å². The van der Waals surface area contributed by atoms with Gasteiger partial charge in [0.1, 0.15) is 12.1 Å². The van der Waals surface area contributed by atoms with E-state index in [9.17, 15) is 34.8 Å². The number of rotatable bonds is 5. The molecule has 0 unspecified atom stereocenters. The molecule has 10 heteroatoms. The van der Waals surface area contributed by atoms with Gasteiger partial charge in [0.25, 0.3) is 0 Å².